The molecule has 0 saturated carbocycles. The van der Waals surface area contributed by atoms with E-state index in [1.165, 1.54) is 5.56 Å². The largest absolute Gasteiger partial charge is 0.339 e. The monoisotopic (exact) mass is 295 g/mol. The first kappa shape index (κ1) is 15.8. The van der Waals surface area contributed by atoms with Crippen molar-refractivity contribution in [3.63, 3.8) is 0 Å². The zero-order chi connectivity index (χ0) is 15.9. The Kier molecular flexibility index (Phi) is 5.31. The number of carbonyl (C=O) groups excluding carboxylic acids is 1. The number of carbonyl (C=O) groups is 1. The Morgan fingerprint density at radius 1 is 1.09 bits per heavy atom. The van der Waals surface area contributed by atoms with Gasteiger partial charge in [-0.25, -0.2) is 10.2 Å². The highest BCUT2D eigenvalue weighted by molar-refractivity contribution is 5.92. The summed E-state index contributed by atoms with van der Waals surface area (Å²) in [5.41, 5.74) is 7.58. The molecule has 2 aromatic carbocycles. The molecule has 2 rings (SSSR count). The summed E-state index contributed by atoms with van der Waals surface area (Å²) in [6.07, 6.45) is 2.60. The molecule has 114 valence electrons. The van der Waals surface area contributed by atoms with Gasteiger partial charge in [-0.3, -0.25) is 0 Å². The number of nitrogens with zero attached hydrogens (tertiary/aromatic N) is 1. The first-order chi connectivity index (χ1) is 10.6. The fourth-order valence-corrected chi connectivity index (χ4v) is 2.30. The lowest BCUT2D eigenvalue weighted by Gasteiger charge is -2.10. The molecule has 0 aliphatic carbocycles. The summed E-state index contributed by atoms with van der Waals surface area (Å²) < 4.78 is 0. The van der Waals surface area contributed by atoms with E-state index in [-0.39, 0.29) is 6.03 Å². The third kappa shape index (κ3) is 3.95. The molecule has 22 heavy (non-hydrogen) atoms. The van der Waals surface area contributed by atoms with E-state index in [2.05, 4.69) is 28.8 Å². The third-order valence-electron chi connectivity index (χ3n) is 3.53. The van der Waals surface area contributed by atoms with E-state index in [1.54, 1.807) is 6.21 Å². The van der Waals surface area contributed by atoms with Gasteiger partial charge in [-0.05, 0) is 42.5 Å². The van der Waals surface area contributed by atoms with E-state index in [0.717, 1.165) is 28.8 Å². The molecule has 0 heterocycles. The molecule has 0 aromatic heterocycles. The summed E-state index contributed by atoms with van der Waals surface area (Å²) in [5.74, 6) is 0. The number of benzene rings is 2. The zero-order valence-corrected chi connectivity index (χ0v) is 13.2. The van der Waals surface area contributed by atoms with Crippen LogP contribution in [0.2, 0.25) is 0 Å². The number of anilines is 1. The van der Waals surface area contributed by atoms with Crippen LogP contribution in [0.25, 0.3) is 0 Å². The SMILES string of the molecule is CCc1ccccc1/C=N/NC(=O)Nc1c(C)cccc1C. The van der Waals surface area contributed by atoms with Crippen LogP contribution in [0.1, 0.15) is 29.2 Å². The van der Waals surface area contributed by atoms with Crippen LogP contribution in [0.4, 0.5) is 10.5 Å². The van der Waals surface area contributed by atoms with Crippen LogP contribution in [-0.4, -0.2) is 12.2 Å². The van der Waals surface area contributed by atoms with Gasteiger partial charge in [0.05, 0.1) is 6.21 Å². The van der Waals surface area contributed by atoms with Gasteiger partial charge in [0, 0.05) is 5.69 Å². The van der Waals surface area contributed by atoms with Crippen LogP contribution in [0.15, 0.2) is 47.6 Å². The number of hydrogen-bond acceptors (Lipinski definition) is 2. The first-order valence-electron chi connectivity index (χ1n) is 7.36. The molecular formula is C18H21N3O. The minimum absolute atomic E-state index is 0.345. The molecule has 0 bridgehead atoms. The van der Waals surface area contributed by atoms with Crippen molar-refractivity contribution >= 4 is 17.9 Å². The molecule has 2 amide bonds. The highest BCUT2D eigenvalue weighted by Gasteiger charge is 2.05. The molecule has 0 fully saturated rings. The van der Waals surface area contributed by atoms with E-state index in [9.17, 15) is 4.79 Å². The molecule has 0 unspecified atom stereocenters. The average molecular weight is 295 g/mol. The van der Waals surface area contributed by atoms with E-state index in [1.807, 2.05) is 50.2 Å². The Morgan fingerprint density at radius 2 is 1.77 bits per heavy atom. The molecule has 0 spiro atoms. The molecule has 0 saturated heterocycles. The number of nitrogens with one attached hydrogen (secondary N) is 2. The van der Waals surface area contributed by atoms with Crippen LogP contribution in [0.3, 0.4) is 0 Å². The molecule has 0 aliphatic rings. The Bertz CT molecular complexity index is 672. The van der Waals surface area contributed by atoms with Crippen molar-refractivity contribution in [1.82, 2.24) is 5.43 Å². The highest BCUT2D eigenvalue weighted by Crippen LogP contribution is 2.18. The van der Waals surface area contributed by atoms with Crippen LogP contribution in [-0.2, 0) is 6.42 Å². The molecular weight excluding hydrogens is 274 g/mol. The third-order valence-corrected chi connectivity index (χ3v) is 3.53. The van der Waals surface area contributed by atoms with Gasteiger partial charge in [0.1, 0.15) is 0 Å². The molecule has 4 heteroatoms. The minimum atomic E-state index is -0.345. The predicted octanol–water partition coefficient (Wildman–Crippen LogP) is 4.02. The maximum Gasteiger partial charge on any atom is 0.339 e. The van der Waals surface area contributed by atoms with Crippen LogP contribution < -0.4 is 10.7 Å². The normalized spacial score (nSPS) is 10.7. The maximum atomic E-state index is 11.9. The lowest BCUT2D eigenvalue weighted by molar-refractivity contribution is 0.252. The van der Waals surface area contributed by atoms with Gasteiger partial charge in [-0.1, -0.05) is 49.4 Å². The van der Waals surface area contributed by atoms with Gasteiger partial charge >= 0.3 is 6.03 Å². The molecule has 2 aromatic rings. The number of hydrazone groups is 1. The second-order valence-electron chi connectivity index (χ2n) is 5.14. The second kappa shape index (κ2) is 7.41. The zero-order valence-electron chi connectivity index (χ0n) is 13.2. The predicted molar refractivity (Wildman–Crippen MR) is 91.5 cm³/mol. The Balaban J connectivity index is 2.00. The molecule has 4 nitrogen and oxygen atoms in total. The van der Waals surface area contributed by atoms with Crippen molar-refractivity contribution in [2.45, 2.75) is 27.2 Å². The number of urea groups is 1. The number of aryl methyl sites for hydroxylation is 3. The van der Waals surface area contributed by atoms with Crippen molar-refractivity contribution in [2.24, 2.45) is 5.10 Å². The number of amides is 2. The average Bonchev–Trinajstić information content (AvgIpc) is 2.51. The molecule has 0 radical (unpaired) electrons. The minimum Gasteiger partial charge on any atom is -0.306 e. The summed E-state index contributed by atoms with van der Waals surface area (Å²) in [7, 11) is 0. The molecule has 0 atom stereocenters. The van der Waals surface area contributed by atoms with Crippen molar-refractivity contribution in [1.29, 1.82) is 0 Å². The van der Waals surface area contributed by atoms with Gasteiger partial charge < -0.3 is 5.32 Å². The van der Waals surface area contributed by atoms with Gasteiger partial charge in [-0.2, -0.15) is 5.10 Å². The summed E-state index contributed by atoms with van der Waals surface area (Å²) in [6, 6.07) is 13.5. The second-order valence-corrected chi connectivity index (χ2v) is 5.14. The number of hydrogen-bond donors (Lipinski definition) is 2. The van der Waals surface area contributed by atoms with Crippen molar-refractivity contribution in [3.05, 3.63) is 64.7 Å². The van der Waals surface area contributed by atoms with Gasteiger partial charge in [-0.15, -0.1) is 0 Å². The summed E-state index contributed by atoms with van der Waals surface area (Å²) >= 11 is 0. The van der Waals surface area contributed by atoms with Gasteiger partial charge in [0.2, 0.25) is 0 Å². The van der Waals surface area contributed by atoms with Crippen molar-refractivity contribution in [2.75, 3.05) is 5.32 Å². The highest BCUT2D eigenvalue weighted by atomic mass is 16.2. The van der Waals surface area contributed by atoms with Crippen molar-refractivity contribution in [3.8, 4) is 0 Å². The quantitative estimate of drug-likeness (QED) is 0.649. The summed E-state index contributed by atoms with van der Waals surface area (Å²) in [4.78, 5) is 11.9. The lowest BCUT2D eigenvalue weighted by Crippen LogP contribution is -2.25. The topological polar surface area (TPSA) is 53.5 Å². The van der Waals surface area contributed by atoms with Crippen LogP contribution >= 0.6 is 0 Å². The van der Waals surface area contributed by atoms with E-state index >= 15 is 0 Å². The lowest BCUT2D eigenvalue weighted by atomic mass is 10.1. The Labute approximate surface area is 131 Å². The first-order valence-corrected chi connectivity index (χ1v) is 7.36. The van der Waals surface area contributed by atoms with E-state index < -0.39 is 0 Å². The van der Waals surface area contributed by atoms with Gasteiger partial charge in [0.25, 0.3) is 0 Å². The van der Waals surface area contributed by atoms with E-state index in [0.29, 0.717) is 0 Å². The standard InChI is InChI=1S/C18H21N3O/c1-4-15-10-5-6-11-16(15)12-19-21-18(22)20-17-13(2)8-7-9-14(17)3/h5-12H,4H2,1-3H3,(H2,20,21,22)/b19-12+. The Morgan fingerprint density at radius 3 is 2.45 bits per heavy atom. The summed E-state index contributed by atoms with van der Waals surface area (Å²) in [5, 5.41) is 6.85. The Hall–Kier alpha value is -2.62. The molecule has 0 aliphatic heterocycles. The fraction of sp³-hybridized carbons (Fsp3) is 0.222. The maximum absolute atomic E-state index is 11.9. The number of rotatable bonds is 4. The molecule has 2 N–H and O–H groups in total. The number of para-hydroxylation sites is 1. The smallest absolute Gasteiger partial charge is 0.306 e. The van der Waals surface area contributed by atoms with Crippen molar-refractivity contribution < 1.29 is 4.79 Å². The van der Waals surface area contributed by atoms with Crippen LogP contribution in [0, 0.1) is 13.8 Å². The summed E-state index contributed by atoms with van der Waals surface area (Å²) in [6.45, 7) is 6.01. The van der Waals surface area contributed by atoms with Gasteiger partial charge in [0.15, 0.2) is 0 Å². The van der Waals surface area contributed by atoms with E-state index in [4.69, 9.17) is 0 Å². The van der Waals surface area contributed by atoms with Crippen LogP contribution in [0.5, 0.6) is 0 Å². The fourth-order valence-electron chi connectivity index (χ4n) is 2.30.